The first-order valence-electron chi connectivity index (χ1n) is 7.26. The van der Waals surface area contributed by atoms with E-state index in [-0.39, 0.29) is 5.91 Å². The Hall–Kier alpha value is -0.610. The highest BCUT2D eigenvalue weighted by Gasteiger charge is 2.36. The molecule has 0 bridgehead atoms. The van der Waals surface area contributed by atoms with Crippen molar-refractivity contribution in [2.75, 3.05) is 26.7 Å². The second kappa shape index (κ2) is 5.57. The molecule has 1 saturated heterocycles. The Balaban J connectivity index is 1.71. The van der Waals surface area contributed by atoms with Gasteiger partial charge in [0.1, 0.15) is 0 Å². The minimum Gasteiger partial charge on any atom is -0.368 e. The topological polar surface area (TPSA) is 58.4 Å². The minimum absolute atomic E-state index is 0.247. The molecule has 18 heavy (non-hydrogen) atoms. The van der Waals surface area contributed by atoms with Gasteiger partial charge in [0.15, 0.2) is 0 Å². The standard InChI is InChI=1S/C14H27N3O/c1-14(16-2,13(15)18)7-4-8-17-9-11-5-3-6-12(11)10-17/h11-12,16H,3-10H2,1-2H3,(H2,15,18). The lowest BCUT2D eigenvalue weighted by Gasteiger charge is -2.26. The summed E-state index contributed by atoms with van der Waals surface area (Å²) in [6.07, 6.45) is 6.15. The van der Waals surface area contributed by atoms with Gasteiger partial charge in [-0.1, -0.05) is 6.42 Å². The number of hydrogen-bond donors (Lipinski definition) is 2. The number of amides is 1. The van der Waals surface area contributed by atoms with Crippen LogP contribution >= 0.6 is 0 Å². The lowest BCUT2D eigenvalue weighted by atomic mass is 9.95. The molecule has 1 aliphatic carbocycles. The van der Waals surface area contributed by atoms with Crippen LogP contribution in [0.5, 0.6) is 0 Å². The van der Waals surface area contributed by atoms with Gasteiger partial charge in [-0.2, -0.15) is 0 Å². The van der Waals surface area contributed by atoms with Crippen LogP contribution in [-0.4, -0.2) is 43.0 Å². The fraction of sp³-hybridized carbons (Fsp3) is 0.929. The van der Waals surface area contributed by atoms with Gasteiger partial charge in [-0.15, -0.1) is 0 Å². The van der Waals surface area contributed by atoms with Crippen molar-refractivity contribution in [2.24, 2.45) is 17.6 Å². The lowest BCUT2D eigenvalue weighted by Crippen LogP contribution is -2.51. The molecule has 4 heteroatoms. The zero-order chi connectivity index (χ0) is 13.2. The van der Waals surface area contributed by atoms with Crippen molar-refractivity contribution in [3.63, 3.8) is 0 Å². The number of nitrogens with zero attached hydrogens (tertiary/aromatic N) is 1. The van der Waals surface area contributed by atoms with Crippen molar-refractivity contribution in [1.29, 1.82) is 0 Å². The van der Waals surface area contributed by atoms with Gasteiger partial charge in [0.05, 0.1) is 5.54 Å². The molecule has 0 spiro atoms. The Kier molecular flexibility index (Phi) is 4.28. The fourth-order valence-electron chi connectivity index (χ4n) is 3.54. The Morgan fingerprint density at radius 1 is 1.39 bits per heavy atom. The number of likely N-dealkylation sites (N-methyl/N-ethyl adjacent to an activating group) is 1. The molecule has 3 unspecified atom stereocenters. The van der Waals surface area contributed by atoms with Crippen LogP contribution in [0.3, 0.4) is 0 Å². The normalized spacial score (nSPS) is 31.2. The maximum Gasteiger partial charge on any atom is 0.237 e. The molecule has 1 aliphatic heterocycles. The SMILES string of the molecule is CNC(C)(CCCN1CC2CCCC2C1)C(N)=O. The van der Waals surface area contributed by atoms with Gasteiger partial charge in [-0.3, -0.25) is 4.79 Å². The van der Waals surface area contributed by atoms with Crippen LogP contribution in [-0.2, 0) is 4.79 Å². The van der Waals surface area contributed by atoms with Gasteiger partial charge in [0.25, 0.3) is 0 Å². The van der Waals surface area contributed by atoms with E-state index in [0.29, 0.717) is 0 Å². The van der Waals surface area contributed by atoms with E-state index in [4.69, 9.17) is 5.73 Å². The maximum absolute atomic E-state index is 11.4. The Morgan fingerprint density at radius 3 is 2.50 bits per heavy atom. The number of hydrogen-bond acceptors (Lipinski definition) is 3. The summed E-state index contributed by atoms with van der Waals surface area (Å²) in [5, 5.41) is 3.05. The number of rotatable bonds is 6. The molecule has 3 N–H and O–H groups in total. The molecule has 0 radical (unpaired) electrons. The van der Waals surface area contributed by atoms with E-state index in [2.05, 4.69) is 10.2 Å². The van der Waals surface area contributed by atoms with Crippen molar-refractivity contribution < 1.29 is 4.79 Å². The molecule has 2 fully saturated rings. The van der Waals surface area contributed by atoms with Gasteiger partial charge in [-0.05, 0) is 58.0 Å². The quantitative estimate of drug-likeness (QED) is 0.741. The van der Waals surface area contributed by atoms with E-state index in [1.807, 2.05) is 14.0 Å². The molecule has 3 atom stereocenters. The van der Waals surface area contributed by atoms with Crippen molar-refractivity contribution in [1.82, 2.24) is 10.2 Å². The molecule has 1 heterocycles. The van der Waals surface area contributed by atoms with E-state index >= 15 is 0 Å². The molecule has 0 aromatic rings. The summed E-state index contributed by atoms with van der Waals surface area (Å²) < 4.78 is 0. The second-order valence-corrected chi connectivity index (χ2v) is 6.26. The third-order valence-electron chi connectivity index (χ3n) is 5.05. The van der Waals surface area contributed by atoms with Gasteiger partial charge in [0.2, 0.25) is 5.91 Å². The highest BCUT2D eigenvalue weighted by molar-refractivity contribution is 5.84. The van der Waals surface area contributed by atoms with Crippen molar-refractivity contribution in [2.45, 2.75) is 44.6 Å². The van der Waals surface area contributed by atoms with Crippen molar-refractivity contribution in [3.05, 3.63) is 0 Å². The van der Waals surface area contributed by atoms with Gasteiger partial charge < -0.3 is 16.0 Å². The summed E-state index contributed by atoms with van der Waals surface area (Å²) in [6, 6.07) is 0. The second-order valence-electron chi connectivity index (χ2n) is 6.26. The van der Waals surface area contributed by atoms with Gasteiger partial charge in [-0.25, -0.2) is 0 Å². The average molecular weight is 253 g/mol. The van der Waals surface area contributed by atoms with Crippen LogP contribution in [0, 0.1) is 11.8 Å². The van der Waals surface area contributed by atoms with Crippen LogP contribution in [0.15, 0.2) is 0 Å². The summed E-state index contributed by atoms with van der Waals surface area (Å²) in [5.41, 5.74) is 4.89. The molecule has 0 aromatic carbocycles. The number of fused-ring (bicyclic) bond motifs is 1. The number of primary amides is 1. The molecule has 104 valence electrons. The number of carbonyl (C=O) groups excluding carboxylic acids is 1. The van der Waals surface area contributed by atoms with E-state index < -0.39 is 5.54 Å². The Morgan fingerprint density at radius 2 is 2.00 bits per heavy atom. The monoisotopic (exact) mass is 253 g/mol. The third-order valence-corrected chi connectivity index (χ3v) is 5.05. The molecule has 1 amide bonds. The van der Waals surface area contributed by atoms with E-state index in [1.165, 1.54) is 32.4 Å². The Bertz CT molecular complexity index is 295. The van der Waals surface area contributed by atoms with Crippen LogP contribution in [0.4, 0.5) is 0 Å². The van der Waals surface area contributed by atoms with Crippen LogP contribution in [0.2, 0.25) is 0 Å². The summed E-state index contributed by atoms with van der Waals surface area (Å²) in [6.45, 7) is 5.56. The maximum atomic E-state index is 11.4. The third kappa shape index (κ3) is 2.86. The predicted octanol–water partition coefficient (Wildman–Crippen LogP) is 0.962. The predicted molar refractivity (Wildman–Crippen MR) is 73.2 cm³/mol. The van der Waals surface area contributed by atoms with E-state index in [1.54, 1.807) is 0 Å². The van der Waals surface area contributed by atoms with Crippen molar-refractivity contribution in [3.8, 4) is 0 Å². The number of nitrogens with one attached hydrogen (secondary N) is 1. The van der Waals surface area contributed by atoms with Crippen LogP contribution in [0.25, 0.3) is 0 Å². The van der Waals surface area contributed by atoms with Crippen molar-refractivity contribution >= 4 is 5.91 Å². The molecule has 0 aromatic heterocycles. The average Bonchev–Trinajstić information content (AvgIpc) is 2.89. The minimum atomic E-state index is -0.546. The summed E-state index contributed by atoms with van der Waals surface area (Å²) in [5.74, 6) is 1.66. The smallest absolute Gasteiger partial charge is 0.237 e. The molecule has 1 saturated carbocycles. The molecule has 2 aliphatic rings. The first kappa shape index (κ1) is 13.8. The first-order valence-corrected chi connectivity index (χ1v) is 7.26. The molecule has 2 rings (SSSR count). The fourth-order valence-corrected chi connectivity index (χ4v) is 3.54. The highest BCUT2D eigenvalue weighted by Crippen LogP contribution is 2.37. The van der Waals surface area contributed by atoms with Crippen LogP contribution in [0.1, 0.15) is 39.0 Å². The summed E-state index contributed by atoms with van der Waals surface area (Å²) >= 11 is 0. The summed E-state index contributed by atoms with van der Waals surface area (Å²) in [7, 11) is 1.81. The lowest BCUT2D eigenvalue weighted by molar-refractivity contribution is -0.123. The Labute approximate surface area is 110 Å². The highest BCUT2D eigenvalue weighted by atomic mass is 16.1. The summed E-state index contributed by atoms with van der Waals surface area (Å²) in [4.78, 5) is 14.0. The molecular weight excluding hydrogens is 226 g/mol. The van der Waals surface area contributed by atoms with Gasteiger partial charge >= 0.3 is 0 Å². The zero-order valence-electron chi connectivity index (χ0n) is 11.7. The zero-order valence-corrected chi connectivity index (χ0v) is 11.7. The number of likely N-dealkylation sites (tertiary alicyclic amines) is 1. The van der Waals surface area contributed by atoms with Gasteiger partial charge in [0, 0.05) is 13.1 Å². The van der Waals surface area contributed by atoms with E-state index in [0.717, 1.165) is 31.2 Å². The van der Waals surface area contributed by atoms with E-state index in [9.17, 15) is 4.79 Å². The number of nitrogens with two attached hydrogens (primary N) is 1. The first-order chi connectivity index (χ1) is 8.55. The molecule has 4 nitrogen and oxygen atoms in total. The molecular formula is C14H27N3O. The largest absolute Gasteiger partial charge is 0.368 e. The van der Waals surface area contributed by atoms with Crippen LogP contribution < -0.4 is 11.1 Å². The number of carbonyl (C=O) groups is 1.